The van der Waals surface area contributed by atoms with Crippen molar-refractivity contribution in [2.75, 3.05) is 20.6 Å². The van der Waals surface area contributed by atoms with Crippen LogP contribution < -0.4 is 5.32 Å². The van der Waals surface area contributed by atoms with Crippen LogP contribution in [0.5, 0.6) is 0 Å². The summed E-state index contributed by atoms with van der Waals surface area (Å²) < 4.78 is 40.5. The van der Waals surface area contributed by atoms with Gasteiger partial charge in [-0.1, -0.05) is 42.5 Å². The number of rotatable bonds is 8. The molecule has 3 aromatic rings. The van der Waals surface area contributed by atoms with Gasteiger partial charge in [0.25, 0.3) is 0 Å². The van der Waals surface area contributed by atoms with Gasteiger partial charge in [-0.25, -0.2) is 12.8 Å². The van der Waals surface area contributed by atoms with E-state index in [1.54, 1.807) is 19.1 Å². The van der Waals surface area contributed by atoms with E-state index in [-0.39, 0.29) is 11.4 Å². The molecule has 0 spiro atoms. The summed E-state index contributed by atoms with van der Waals surface area (Å²) in [6.45, 7) is 1.12. The Kier molecular flexibility index (Phi) is 7.45. The Morgan fingerprint density at radius 2 is 1.64 bits per heavy atom. The molecule has 33 heavy (non-hydrogen) atoms. The number of halogens is 1. The highest BCUT2D eigenvalue weighted by molar-refractivity contribution is 7.89. The summed E-state index contributed by atoms with van der Waals surface area (Å²) in [5, 5.41) is 4.17. The van der Waals surface area contributed by atoms with Gasteiger partial charge in [-0.3, -0.25) is 9.59 Å². The highest BCUT2D eigenvalue weighted by Gasteiger charge is 2.30. The molecule has 2 amide bonds. The lowest BCUT2D eigenvalue weighted by Gasteiger charge is -2.30. The molecule has 0 fully saturated rings. The Morgan fingerprint density at radius 3 is 2.27 bits per heavy atom. The molecule has 3 rings (SSSR count). The fraction of sp³-hybridized carbons (Fsp3) is 0.250. The summed E-state index contributed by atoms with van der Waals surface area (Å²) in [5.74, 6) is -1.37. The van der Waals surface area contributed by atoms with Crippen molar-refractivity contribution < 1.29 is 22.4 Å². The molecule has 1 N–H and O–H groups in total. The van der Waals surface area contributed by atoms with Crippen molar-refractivity contribution in [1.82, 2.24) is 14.5 Å². The maximum absolute atomic E-state index is 13.3. The second-order valence-electron chi connectivity index (χ2n) is 7.71. The summed E-state index contributed by atoms with van der Waals surface area (Å²) in [5.41, 5.74) is 0.612. The largest absolute Gasteiger partial charge is 0.357 e. The predicted octanol–water partition coefficient (Wildman–Crippen LogP) is 2.76. The average molecular weight is 472 g/mol. The number of fused-ring (bicyclic) bond motifs is 1. The van der Waals surface area contributed by atoms with E-state index in [2.05, 4.69) is 5.32 Å². The number of nitrogens with one attached hydrogen (secondary N) is 1. The van der Waals surface area contributed by atoms with Crippen LogP contribution >= 0.6 is 0 Å². The molecule has 3 aromatic carbocycles. The Morgan fingerprint density at radius 1 is 1.00 bits per heavy atom. The van der Waals surface area contributed by atoms with Crippen LogP contribution in [0.25, 0.3) is 10.8 Å². The molecule has 0 bridgehead atoms. The van der Waals surface area contributed by atoms with E-state index < -0.39 is 40.2 Å². The summed E-state index contributed by atoms with van der Waals surface area (Å²) >= 11 is 0. The topological polar surface area (TPSA) is 86.8 Å². The maximum atomic E-state index is 13.3. The average Bonchev–Trinajstić information content (AvgIpc) is 2.82. The van der Waals surface area contributed by atoms with Gasteiger partial charge in [0.05, 0.1) is 11.4 Å². The quantitative estimate of drug-likeness (QED) is 0.547. The van der Waals surface area contributed by atoms with E-state index in [9.17, 15) is 22.4 Å². The molecule has 0 heterocycles. The van der Waals surface area contributed by atoms with Crippen LogP contribution in [0.15, 0.2) is 71.6 Å². The zero-order valence-corrected chi connectivity index (χ0v) is 19.5. The number of carbonyl (C=O) groups is 2. The lowest BCUT2D eigenvalue weighted by Crippen LogP contribution is -2.50. The van der Waals surface area contributed by atoms with Crippen LogP contribution in [0, 0.1) is 5.82 Å². The molecule has 0 aliphatic carbocycles. The summed E-state index contributed by atoms with van der Waals surface area (Å²) in [6.07, 6.45) is 0. The van der Waals surface area contributed by atoms with Gasteiger partial charge in [-0.15, -0.1) is 0 Å². The van der Waals surface area contributed by atoms with Gasteiger partial charge < -0.3 is 10.2 Å². The first-order valence-electron chi connectivity index (χ1n) is 10.3. The van der Waals surface area contributed by atoms with Gasteiger partial charge in [0, 0.05) is 20.6 Å². The third-order valence-electron chi connectivity index (χ3n) is 5.47. The van der Waals surface area contributed by atoms with Crippen molar-refractivity contribution in [3.63, 3.8) is 0 Å². The lowest BCUT2D eigenvalue weighted by molar-refractivity contribution is -0.140. The number of nitrogens with zero attached hydrogens (tertiary/aromatic N) is 2. The van der Waals surface area contributed by atoms with Gasteiger partial charge in [0.15, 0.2) is 0 Å². The Hall–Kier alpha value is -3.30. The number of likely N-dealkylation sites (N-methyl/N-ethyl adjacent to an activating group) is 2. The first-order valence-corrected chi connectivity index (χ1v) is 11.8. The molecule has 0 aromatic heterocycles. The van der Waals surface area contributed by atoms with Crippen molar-refractivity contribution in [2.24, 2.45) is 0 Å². The fourth-order valence-electron chi connectivity index (χ4n) is 3.45. The Labute approximate surface area is 192 Å². The molecule has 0 saturated heterocycles. The van der Waals surface area contributed by atoms with E-state index in [1.165, 1.54) is 49.3 Å². The zero-order chi connectivity index (χ0) is 24.2. The zero-order valence-electron chi connectivity index (χ0n) is 18.7. The molecule has 1 atom stereocenters. The van der Waals surface area contributed by atoms with E-state index in [0.29, 0.717) is 5.56 Å². The number of benzene rings is 3. The summed E-state index contributed by atoms with van der Waals surface area (Å²) in [4.78, 5) is 26.7. The van der Waals surface area contributed by atoms with Gasteiger partial charge in [-0.05, 0) is 47.5 Å². The first-order chi connectivity index (χ1) is 15.6. The van der Waals surface area contributed by atoms with Gasteiger partial charge in [0.2, 0.25) is 21.8 Å². The van der Waals surface area contributed by atoms with Gasteiger partial charge in [0.1, 0.15) is 11.9 Å². The molecule has 174 valence electrons. The van der Waals surface area contributed by atoms with E-state index in [0.717, 1.165) is 15.1 Å². The molecule has 0 unspecified atom stereocenters. The molecule has 0 saturated carbocycles. The minimum atomic E-state index is -3.95. The van der Waals surface area contributed by atoms with E-state index in [4.69, 9.17) is 0 Å². The van der Waals surface area contributed by atoms with Gasteiger partial charge in [-0.2, -0.15) is 4.31 Å². The number of sulfonamides is 1. The minimum Gasteiger partial charge on any atom is -0.357 e. The van der Waals surface area contributed by atoms with Crippen LogP contribution in [0.4, 0.5) is 4.39 Å². The van der Waals surface area contributed by atoms with Crippen molar-refractivity contribution in [1.29, 1.82) is 0 Å². The van der Waals surface area contributed by atoms with Crippen LogP contribution in [0.3, 0.4) is 0 Å². The summed E-state index contributed by atoms with van der Waals surface area (Å²) in [6, 6.07) is 16.9. The lowest BCUT2D eigenvalue weighted by atomic mass is 10.1. The standard InChI is InChI=1S/C24H26FN3O4S/c1-17(24(30)26-2)28(15-18-8-11-21(25)12-9-18)23(29)16-27(3)33(31,32)22-13-10-19-6-4-5-7-20(19)14-22/h4-14,17H,15-16H2,1-3H3,(H,26,30)/t17-/m0/s1. The number of carbonyl (C=O) groups excluding carboxylic acids is 2. The third-order valence-corrected chi connectivity index (χ3v) is 7.27. The number of hydrogen-bond donors (Lipinski definition) is 1. The van der Waals surface area contributed by atoms with Crippen molar-refractivity contribution in [3.05, 3.63) is 78.1 Å². The molecule has 0 radical (unpaired) electrons. The Bertz CT molecular complexity index is 1260. The molecular formula is C24H26FN3O4S. The van der Waals surface area contributed by atoms with Crippen LogP contribution in [-0.2, 0) is 26.2 Å². The van der Waals surface area contributed by atoms with E-state index in [1.807, 2.05) is 24.3 Å². The van der Waals surface area contributed by atoms with Crippen LogP contribution in [-0.4, -0.2) is 56.1 Å². The SMILES string of the molecule is CNC(=O)[C@H](C)N(Cc1ccc(F)cc1)C(=O)CN(C)S(=O)(=O)c1ccc2ccccc2c1. The smallest absolute Gasteiger partial charge is 0.243 e. The van der Waals surface area contributed by atoms with E-state index >= 15 is 0 Å². The third kappa shape index (κ3) is 5.55. The molecule has 0 aliphatic heterocycles. The monoisotopic (exact) mass is 471 g/mol. The highest BCUT2D eigenvalue weighted by Crippen LogP contribution is 2.21. The second-order valence-corrected chi connectivity index (χ2v) is 9.75. The van der Waals surface area contributed by atoms with Crippen LogP contribution in [0.1, 0.15) is 12.5 Å². The number of amides is 2. The highest BCUT2D eigenvalue weighted by atomic mass is 32.2. The van der Waals surface area contributed by atoms with Crippen LogP contribution in [0.2, 0.25) is 0 Å². The molecular weight excluding hydrogens is 445 g/mol. The Balaban J connectivity index is 1.84. The number of hydrogen-bond acceptors (Lipinski definition) is 4. The maximum Gasteiger partial charge on any atom is 0.243 e. The minimum absolute atomic E-state index is 0.0254. The second kappa shape index (κ2) is 10.1. The first kappa shape index (κ1) is 24.3. The predicted molar refractivity (Wildman–Crippen MR) is 124 cm³/mol. The van der Waals surface area contributed by atoms with Gasteiger partial charge >= 0.3 is 0 Å². The van der Waals surface area contributed by atoms with Crippen molar-refractivity contribution in [2.45, 2.75) is 24.4 Å². The van der Waals surface area contributed by atoms with Crippen molar-refractivity contribution >= 4 is 32.6 Å². The fourth-order valence-corrected chi connectivity index (χ4v) is 4.61. The normalized spacial score (nSPS) is 12.5. The molecule has 0 aliphatic rings. The molecule has 7 nitrogen and oxygen atoms in total. The molecule has 9 heteroatoms. The van der Waals surface area contributed by atoms with Crippen molar-refractivity contribution in [3.8, 4) is 0 Å². The summed E-state index contributed by atoms with van der Waals surface area (Å²) in [7, 11) is -1.18.